The maximum atomic E-state index is 12.5. The van der Waals surface area contributed by atoms with Gasteiger partial charge in [-0.2, -0.15) is 5.10 Å². The first-order valence-corrected chi connectivity index (χ1v) is 11.3. The number of thioether (sulfide) groups is 1. The van der Waals surface area contributed by atoms with Crippen molar-refractivity contribution in [3.05, 3.63) is 96.6 Å². The van der Waals surface area contributed by atoms with Crippen LogP contribution in [-0.4, -0.2) is 32.1 Å². The second-order valence-corrected chi connectivity index (χ2v) is 7.89. The van der Waals surface area contributed by atoms with Crippen LogP contribution in [0.2, 0.25) is 0 Å². The molecule has 0 aliphatic carbocycles. The molecule has 6 nitrogen and oxygen atoms in total. The van der Waals surface area contributed by atoms with Crippen molar-refractivity contribution in [3.8, 4) is 17.1 Å². The minimum atomic E-state index is -0.194. The van der Waals surface area contributed by atoms with Crippen LogP contribution in [0, 0.1) is 0 Å². The van der Waals surface area contributed by atoms with Gasteiger partial charge in [-0.15, -0.1) is 10.2 Å². The summed E-state index contributed by atoms with van der Waals surface area (Å²) in [5.74, 6) is 0.713. The Bertz CT molecular complexity index is 1190. The number of nitrogens with zero attached hydrogens (tertiary/aromatic N) is 4. The number of hydrogen-bond donors (Lipinski definition) is 1. The van der Waals surface area contributed by atoms with E-state index in [0.29, 0.717) is 5.16 Å². The molecule has 4 aromatic rings. The molecular formula is C25H23N5OS. The van der Waals surface area contributed by atoms with Gasteiger partial charge < -0.3 is 0 Å². The van der Waals surface area contributed by atoms with Crippen LogP contribution >= 0.6 is 11.8 Å². The highest BCUT2D eigenvalue weighted by atomic mass is 32.2. The van der Waals surface area contributed by atoms with Crippen LogP contribution in [0.15, 0.2) is 101 Å². The molecule has 0 bridgehead atoms. The van der Waals surface area contributed by atoms with Gasteiger partial charge in [-0.05, 0) is 24.1 Å². The van der Waals surface area contributed by atoms with E-state index in [1.807, 2.05) is 102 Å². The van der Waals surface area contributed by atoms with Gasteiger partial charge in [0.15, 0.2) is 11.0 Å². The third-order valence-corrected chi connectivity index (χ3v) is 5.70. The number of hydrogen-bond acceptors (Lipinski definition) is 5. The van der Waals surface area contributed by atoms with E-state index < -0.39 is 0 Å². The molecule has 0 spiro atoms. The van der Waals surface area contributed by atoms with Crippen LogP contribution in [0.3, 0.4) is 0 Å². The molecule has 1 N–H and O–H groups in total. The van der Waals surface area contributed by atoms with Gasteiger partial charge in [0, 0.05) is 11.3 Å². The van der Waals surface area contributed by atoms with E-state index >= 15 is 0 Å². The Balaban J connectivity index is 1.52. The Morgan fingerprint density at radius 3 is 2.19 bits per heavy atom. The van der Waals surface area contributed by atoms with Gasteiger partial charge in [0.05, 0.1) is 11.5 Å². The molecule has 0 radical (unpaired) electrons. The van der Waals surface area contributed by atoms with E-state index in [0.717, 1.165) is 34.8 Å². The molecule has 0 saturated heterocycles. The van der Waals surface area contributed by atoms with Crippen LogP contribution in [0.4, 0.5) is 0 Å². The number of rotatable bonds is 8. The second-order valence-electron chi connectivity index (χ2n) is 6.94. The third kappa shape index (κ3) is 5.12. The number of nitrogens with one attached hydrogen (secondary N) is 1. The Morgan fingerprint density at radius 2 is 1.53 bits per heavy atom. The highest BCUT2D eigenvalue weighted by molar-refractivity contribution is 7.99. The lowest BCUT2D eigenvalue weighted by atomic mass is 10.1. The molecule has 0 atom stereocenters. The van der Waals surface area contributed by atoms with E-state index in [1.165, 1.54) is 11.8 Å². The maximum absolute atomic E-state index is 12.5. The number of carbonyl (C=O) groups excluding carboxylic acids is 1. The van der Waals surface area contributed by atoms with Crippen molar-refractivity contribution < 1.29 is 4.79 Å². The average molecular weight is 442 g/mol. The fourth-order valence-corrected chi connectivity index (χ4v) is 3.96. The highest BCUT2D eigenvalue weighted by Gasteiger charge is 2.17. The monoisotopic (exact) mass is 441 g/mol. The summed E-state index contributed by atoms with van der Waals surface area (Å²) in [6, 6.07) is 29.6. The lowest BCUT2D eigenvalue weighted by molar-refractivity contribution is -0.118. The van der Waals surface area contributed by atoms with Crippen molar-refractivity contribution in [1.82, 2.24) is 20.2 Å². The predicted molar refractivity (Wildman–Crippen MR) is 129 cm³/mol. The molecule has 0 aliphatic rings. The van der Waals surface area contributed by atoms with Crippen LogP contribution in [-0.2, 0) is 4.79 Å². The molecule has 3 aromatic carbocycles. The zero-order valence-corrected chi connectivity index (χ0v) is 18.5. The van der Waals surface area contributed by atoms with E-state index in [-0.39, 0.29) is 11.7 Å². The van der Waals surface area contributed by atoms with Crippen molar-refractivity contribution in [1.29, 1.82) is 0 Å². The summed E-state index contributed by atoms with van der Waals surface area (Å²) in [4.78, 5) is 12.5. The molecular weight excluding hydrogens is 418 g/mol. The van der Waals surface area contributed by atoms with Crippen molar-refractivity contribution in [2.75, 3.05) is 5.75 Å². The average Bonchev–Trinajstić information content (AvgIpc) is 3.29. The summed E-state index contributed by atoms with van der Waals surface area (Å²) in [6.45, 7) is 2.01. The Hall–Kier alpha value is -3.71. The summed E-state index contributed by atoms with van der Waals surface area (Å²) < 4.78 is 1.97. The van der Waals surface area contributed by atoms with Crippen LogP contribution in [0.25, 0.3) is 17.1 Å². The number of aromatic nitrogens is 3. The van der Waals surface area contributed by atoms with Gasteiger partial charge in [-0.1, -0.05) is 97.5 Å². The summed E-state index contributed by atoms with van der Waals surface area (Å²) in [5, 5.41) is 13.7. The van der Waals surface area contributed by atoms with E-state index in [2.05, 4.69) is 20.7 Å². The molecule has 1 aromatic heterocycles. The van der Waals surface area contributed by atoms with Gasteiger partial charge in [-0.3, -0.25) is 9.36 Å². The smallest absolute Gasteiger partial charge is 0.250 e. The first-order valence-electron chi connectivity index (χ1n) is 10.4. The fraction of sp³-hybridized carbons (Fsp3) is 0.120. The quantitative estimate of drug-likeness (QED) is 0.238. The molecule has 7 heteroatoms. The molecule has 160 valence electrons. The molecule has 0 unspecified atom stereocenters. The third-order valence-electron chi connectivity index (χ3n) is 4.77. The van der Waals surface area contributed by atoms with E-state index in [1.54, 1.807) is 0 Å². The second kappa shape index (κ2) is 10.5. The summed E-state index contributed by atoms with van der Waals surface area (Å²) in [6.07, 6.45) is 0.722. The first-order chi connectivity index (χ1) is 15.8. The van der Waals surface area contributed by atoms with Crippen molar-refractivity contribution in [3.63, 3.8) is 0 Å². The lowest BCUT2D eigenvalue weighted by Gasteiger charge is -2.10. The van der Waals surface area contributed by atoms with E-state index in [9.17, 15) is 4.79 Å². The van der Waals surface area contributed by atoms with Gasteiger partial charge in [-0.25, -0.2) is 5.43 Å². The van der Waals surface area contributed by atoms with Crippen LogP contribution in [0.1, 0.15) is 18.9 Å². The summed E-state index contributed by atoms with van der Waals surface area (Å²) >= 11 is 1.33. The normalized spacial score (nSPS) is 11.3. The molecule has 1 amide bonds. The highest BCUT2D eigenvalue weighted by Crippen LogP contribution is 2.27. The standard InChI is InChI=1S/C25H23N5OS/c1-2-22(19-12-6-3-7-13-19)26-27-23(31)18-32-25-29-28-24(20-14-8-4-9-15-20)30(25)21-16-10-5-11-17-21/h3-17H,2,18H2,1H3,(H,27,31)/b26-22-. The Morgan fingerprint density at radius 1 is 0.906 bits per heavy atom. The van der Waals surface area contributed by atoms with Gasteiger partial charge in [0.2, 0.25) is 0 Å². The van der Waals surface area contributed by atoms with E-state index in [4.69, 9.17) is 0 Å². The largest absolute Gasteiger partial charge is 0.272 e. The summed E-state index contributed by atoms with van der Waals surface area (Å²) in [7, 11) is 0. The minimum Gasteiger partial charge on any atom is -0.272 e. The van der Waals surface area contributed by atoms with Crippen molar-refractivity contribution in [2.45, 2.75) is 18.5 Å². The molecule has 1 heterocycles. The van der Waals surface area contributed by atoms with Gasteiger partial charge >= 0.3 is 0 Å². The molecule has 0 saturated carbocycles. The molecule has 0 fully saturated rings. The lowest BCUT2D eigenvalue weighted by Crippen LogP contribution is -2.22. The number of hydrazone groups is 1. The van der Waals surface area contributed by atoms with Crippen molar-refractivity contribution >= 4 is 23.4 Å². The first kappa shape index (κ1) is 21.5. The SMILES string of the molecule is CC/C(=N/NC(=O)CSc1nnc(-c2ccccc2)n1-c1ccccc1)c1ccccc1. The summed E-state index contributed by atoms with van der Waals surface area (Å²) in [5.41, 5.74) is 6.40. The number of para-hydroxylation sites is 1. The molecule has 32 heavy (non-hydrogen) atoms. The van der Waals surface area contributed by atoms with Crippen LogP contribution < -0.4 is 5.43 Å². The van der Waals surface area contributed by atoms with Gasteiger partial charge in [0.25, 0.3) is 5.91 Å². The topological polar surface area (TPSA) is 72.2 Å². The molecule has 4 rings (SSSR count). The maximum Gasteiger partial charge on any atom is 0.250 e. The fourth-order valence-electron chi connectivity index (χ4n) is 3.22. The number of carbonyl (C=O) groups is 1. The van der Waals surface area contributed by atoms with Crippen molar-refractivity contribution in [2.24, 2.45) is 5.10 Å². The predicted octanol–water partition coefficient (Wildman–Crippen LogP) is 4.96. The number of amides is 1. The zero-order chi connectivity index (χ0) is 22.2. The van der Waals surface area contributed by atoms with Crippen LogP contribution in [0.5, 0.6) is 0 Å². The Kier molecular flexibility index (Phi) is 7.09. The zero-order valence-electron chi connectivity index (χ0n) is 17.7. The number of benzene rings is 3. The molecule has 0 aliphatic heterocycles. The Labute approximate surface area is 191 Å². The van der Waals surface area contributed by atoms with Gasteiger partial charge in [0.1, 0.15) is 0 Å². The minimum absolute atomic E-state index is 0.176.